The molecule has 0 saturated carbocycles. The van der Waals surface area contributed by atoms with Crippen LogP contribution in [-0.2, 0) is 0 Å². The standard InChI is InChI=1S/C13H18FNO/c1-2-15-8-12(13(14,9-15)10-16)11-6-4-3-5-7-11/h3-7,12,16H,2,8-10H2,1H3. The summed E-state index contributed by atoms with van der Waals surface area (Å²) in [5.74, 6) is -0.210. The Morgan fingerprint density at radius 1 is 1.44 bits per heavy atom. The van der Waals surface area contributed by atoms with Crippen LogP contribution in [0, 0.1) is 0 Å². The lowest BCUT2D eigenvalue weighted by molar-refractivity contribution is 0.0657. The molecule has 1 fully saturated rings. The largest absolute Gasteiger partial charge is 0.393 e. The van der Waals surface area contributed by atoms with Gasteiger partial charge in [0.2, 0.25) is 0 Å². The number of likely N-dealkylation sites (tertiary alicyclic amines) is 1. The van der Waals surface area contributed by atoms with Gasteiger partial charge in [-0.2, -0.15) is 0 Å². The minimum atomic E-state index is -1.49. The van der Waals surface area contributed by atoms with Gasteiger partial charge in [-0.05, 0) is 12.1 Å². The average molecular weight is 223 g/mol. The van der Waals surface area contributed by atoms with Gasteiger partial charge in [0.1, 0.15) is 0 Å². The Hall–Kier alpha value is -0.930. The van der Waals surface area contributed by atoms with Gasteiger partial charge < -0.3 is 5.11 Å². The lowest BCUT2D eigenvalue weighted by atomic mass is 9.87. The fraction of sp³-hybridized carbons (Fsp3) is 0.538. The lowest BCUT2D eigenvalue weighted by Crippen LogP contribution is -2.36. The molecule has 0 radical (unpaired) electrons. The Morgan fingerprint density at radius 3 is 2.69 bits per heavy atom. The third-order valence-electron chi connectivity index (χ3n) is 3.46. The summed E-state index contributed by atoms with van der Waals surface area (Å²) in [7, 11) is 0. The first-order valence-electron chi connectivity index (χ1n) is 5.76. The molecule has 1 saturated heterocycles. The zero-order chi connectivity index (χ0) is 11.6. The van der Waals surface area contributed by atoms with E-state index in [4.69, 9.17) is 0 Å². The predicted octanol–water partition coefficient (Wildman–Crippen LogP) is 1.81. The molecule has 1 aliphatic heterocycles. The van der Waals surface area contributed by atoms with E-state index < -0.39 is 12.3 Å². The van der Waals surface area contributed by atoms with Crippen molar-refractivity contribution in [1.82, 2.24) is 4.90 Å². The fourth-order valence-corrected chi connectivity index (χ4v) is 2.46. The van der Waals surface area contributed by atoms with Crippen molar-refractivity contribution in [2.24, 2.45) is 0 Å². The normalized spacial score (nSPS) is 30.8. The van der Waals surface area contributed by atoms with Crippen LogP contribution in [0.1, 0.15) is 18.4 Å². The van der Waals surface area contributed by atoms with E-state index in [-0.39, 0.29) is 5.92 Å². The summed E-state index contributed by atoms with van der Waals surface area (Å²) in [6.45, 7) is 3.47. The number of likely N-dealkylation sites (N-methyl/N-ethyl adjacent to an activating group) is 1. The number of halogens is 1. The molecule has 0 amide bonds. The molecule has 2 nitrogen and oxygen atoms in total. The van der Waals surface area contributed by atoms with Gasteiger partial charge in [-0.15, -0.1) is 0 Å². The van der Waals surface area contributed by atoms with Gasteiger partial charge in [0.15, 0.2) is 5.67 Å². The summed E-state index contributed by atoms with van der Waals surface area (Å²) in [6.07, 6.45) is 0. The first-order valence-corrected chi connectivity index (χ1v) is 5.76. The van der Waals surface area contributed by atoms with Crippen LogP contribution >= 0.6 is 0 Å². The monoisotopic (exact) mass is 223 g/mol. The number of alkyl halides is 1. The Morgan fingerprint density at radius 2 is 2.12 bits per heavy atom. The van der Waals surface area contributed by atoms with Gasteiger partial charge in [0.05, 0.1) is 6.61 Å². The number of hydrogen-bond acceptors (Lipinski definition) is 2. The topological polar surface area (TPSA) is 23.5 Å². The van der Waals surface area contributed by atoms with E-state index in [0.717, 1.165) is 12.1 Å². The molecular weight excluding hydrogens is 205 g/mol. The van der Waals surface area contributed by atoms with E-state index in [1.165, 1.54) is 0 Å². The van der Waals surface area contributed by atoms with Gasteiger partial charge in [0, 0.05) is 19.0 Å². The van der Waals surface area contributed by atoms with Crippen molar-refractivity contribution in [3.8, 4) is 0 Å². The van der Waals surface area contributed by atoms with Crippen molar-refractivity contribution < 1.29 is 9.50 Å². The van der Waals surface area contributed by atoms with Crippen LogP contribution in [0.5, 0.6) is 0 Å². The molecule has 1 heterocycles. The molecule has 0 spiro atoms. The summed E-state index contributed by atoms with van der Waals surface area (Å²) in [5.41, 5.74) is -0.507. The van der Waals surface area contributed by atoms with E-state index in [2.05, 4.69) is 0 Å². The number of benzene rings is 1. The van der Waals surface area contributed by atoms with Crippen molar-refractivity contribution in [3.05, 3.63) is 35.9 Å². The molecule has 2 rings (SSSR count). The second kappa shape index (κ2) is 4.52. The first kappa shape index (κ1) is 11.6. The van der Waals surface area contributed by atoms with E-state index in [9.17, 15) is 9.50 Å². The summed E-state index contributed by atoms with van der Waals surface area (Å²) in [5, 5.41) is 9.27. The molecule has 1 N–H and O–H groups in total. The Kier molecular flexibility index (Phi) is 3.26. The molecule has 2 unspecified atom stereocenters. The number of rotatable bonds is 3. The molecule has 1 aromatic rings. The zero-order valence-corrected chi connectivity index (χ0v) is 9.56. The smallest absolute Gasteiger partial charge is 0.154 e. The average Bonchev–Trinajstić information content (AvgIpc) is 2.69. The highest BCUT2D eigenvalue weighted by atomic mass is 19.1. The second-order valence-corrected chi connectivity index (χ2v) is 4.48. The molecule has 3 heteroatoms. The lowest BCUT2D eigenvalue weighted by Gasteiger charge is -2.24. The minimum Gasteiger partial charge on any atom is -0.393 e. The predicted molar refractivity (Wildman–Crippen MR) is 62.2 cm³/mol. The van der Waals surface area contributed by atoms with Crippen LogP contribution in [-0.4, -0.2) is 41.9 Å². The van der Waals surface area contributed by atoms with Crippen molar-refractivity contribution in [3.63, 3.8) is 0 Å². The van der Waals surface area contributed by atoms with Gasteiger partial charge in [-0.25, -0.2) is 4.39 Å². The van der Waals surface area contributed by atoms with Gasteiger partial charge in [-0.1, -0.05) is 37.3 Å². The molecule has 2 atom stereocenters. The molecule has 0 aromatic heterocycles. The van der Waals surface area contributed by atoms with Crippen LogP contribution < -0.4 is 0 Å². The third-order valence-corrected chi connectivity index (χ3v) is 3.46. The maximum absolute atomic E-state index is 14.5. The van der Waals surface area contributed by atoms with Crippen LogP contribution in [0.15, 0.2) is 30.3 Å². The second-order valence-electron chi connectivity index (χ2n) is 4.48. The highest BCUT2D eigenvalue weighted by Gasteiger charge is 2.46. The summed E-state index contributed by atoms with van der Waals surface area (Å²) in [6, 6.07) is 9.64. The highest BCUT2D eigenvalue weighted by molar-refractivity contribution is 5.26. The quantitative estimate of drug-likeness (QED) is 0.844. The molecule has 1 aliphatic rings. The number of nitrogens with zero attached hydrogens (tertiary/aromatic N) is 1. The Bertz CT molecular complexity index is 343. The van der Waals surface area contributed by atoms with Crippen molar-refractivity contribution in [2.75, 3.05) is 26.2 Å². The molecule has 0 bridgehead atoms. The summed E-state index contributed by atoms with van der Waals surface area (Å²) >= 11 is 0. The molecule has 88 valence electrons. The Balaban J connectivity index is 2.26. The van der Waals surface area contributed by atoms with Crippen LogP contribution in [0.2, 0.25) is 0 Å². The Labute approximate surface area is 95.7 Å². The van der Waals surface area contributed by atoms with Gasteiger partial charge in [0.25, 0.3) is 0 Å². The van der Waals surface area contributed by atoms with E-state index in [0.29, 0.717) is 13.1 Å². The minimum absolute atomic E-state index is 0.210. The van der Waals surface area contributed by atoms with Gasteiger partial charge >= 0.3 is 0 Å². The highest BCUT2D eigenvalue weighted by Crippen LogP contribution is 2.38. The number of aliphatic hydroxyl groups is 1. The van der Waals surface area contributed by atoms with Gasteiger partial charge in [-0.3, -0.25) is 4.90 Å². The zero-order valence-electron chi connectivity index (χ0n) is 9.56. The maximum atomic E-state index is 14.5. The van der Waals surface area contributed by atoms with Crippen LogP contribution in [0.3, 0.4) is 0 Å². The maximum Gasteiger partial charge on any atom is 0.154 e. The first-order chi connectivity index (χ1) is 7.69. The number of aliphatic hydroxyl groups excluding tert-OH is 1. The molecular formula is C13H18FNO. The molecule has 16 heavy (non-hydrogen) atoms. The summed E-state index contributed by atoms with van der Waals surface area (Å²) in [4.78, 5) is 2.05. The van der Waals surface area contributed by atoms with Crippen molar-refractivity contribution in [2.45, 2.75) is 18.5 Å². The van der Waals surface area contributed by atoms with Crippen LogP contribution in [0.4, 0.5) is 4.39 Å². The van der Waals surface area contributed by atoms with E-state index in [1.807, 2.05) is 42.2 Å². The fourth-order valence-electron chi connectivity index (χ4n) is 2.46. The van der Waals surface area contributed by atoms with Crippen molar-refractivity contribution in [1.29, 1.82) is 0 Å². The summed E-state index contributed by atoms with van der Waals surface area (Å²) < 4.78 is 14.5. The van der Waals surface area contributed by atoms with Crippen LogP contribution in [0.25, 0.3) is 0 Å². The molecule has 1 aromatic carbocycles. The molecule has 0 aliphatic carbocycles. The van der Waals surface area contributed by atoms with E-state index in [1.54, 1.807) is 0 Å². The third kappa shape index (κ3) is 1.97. The number of hydrogen-bond donors (Lipinski definition) is 1. The van der Waals surface area contributed by atoms with E-state index >= 15 is 0 Å². The van der Waals surface area contributed by atoms with Crippen molar-refractivity contribution >= 4 is 0 Å². The SMILES string of the molecule is CCN1CC(c2ccccc2)C(F)(CO)C1.